The van der Waals surface area contributed by atoms with Crippen molar-refractivity contribution in [3.8, 4) is 5.69 Å². The van der Waals surface area contributed by atoms with Gasteiger partial charge < -0.3 is 5.32 Å². The summed E-state index contributed by atoms with van der Waals surface area (Å²) in [5.41, 5.74) is 2.96. The Bertz CT molecular complexity index is 876. The summed E-state index contributed by atoms with van der Waals surface area (Å²) in [6.45, 7) is 1.96. The first-order valence-electron chi connectivity index (χ1n) is 6.92. The van der Waals surface area contributed by atoms with Gasteiger partial charge in [-0.3, -0.25) is 4.79 Å². The lowest BCUT2D eigenvalue weighted by Crippen LogP contribution is -2.14. The zero-order chi connectivity index (χ0) is 16.4. The van der Waals surface area contributed by atoms with Gasteiger partial charge in [0.25, 0.3) is 5.91 Å². The van der Waals surface area contributed by atoms with Crippen molar-refractivity contribution < 1.29 is 4.79 Å². The first kappa shape index (κ1) is 16.0. The molecule has 0 saturated heterocycles. The third-order valence-electron chi connectivity index (χ3n) is 3.33. The summed E-state index contributed by atoms with van der Waals surface area (Å²) >= 11 is 8.22. The molecule has 23 heavy (non-hydrogen) atoms. The van der Waals surface area contributed by atoms with Crippen molar-refractivity contribution in [1.82, 2.24) is 9.78 Å². The fraction of sp³-hybridized carbons (Fsp3) is 0.0588. The minimum atomic E-state index is -0.241. The first-order valence-corrected chi connectivity index (χ1v) is 8.38. The van der Waals surface area contributed by atoms with Gasteiger partial charge in [-0.1, -0.05) is 17.7 Å². The van der Waals surface area contributed by atoms with Crippen molar-refractivity contribution in [2.24, 2.45) is 0 Å². The largest absolute Gasteiger partial charge is 0.320 e. The lowest BCUT2D eigenvalue weighted by molar-refractivity contribution is 0.102. The lowest BCUT2D eigenvalue weighted by Gasteiger charge is -2.07. The zero-order valence-corrected chi connectivity index (χ0v) is 15.2. The third-order valence-corrected chi connectivity index (χ3v) is 4.24. The molecule has 4 nitrogen and oxygen atoms in total. The second-order valence-electron chi connectivity index (χ2n) is 5.04. The normalized spacial score (nSPS) is 10.6. The first-order chi connectivity index (χ1) is 11.0. The molecule has 116 valence electrons. The summed E-state index contributed by atoms with van der Waals surface area (Å²) in [5, 5.41) is 7.82. The number of hydrogen-bond donors (Lipinski definition) is 1. The van der Waals surface area contributed by atoms with Gasteiger partial charge in [-0.2, -0.15) is 5.10 Å². The number of anilines is 1. The molecular weight excluding hydrogens is 425 g/mol. The molecule has 0 unspecified atom stereocenters. The van der Waals surface area contributed by atoms with Crippen LogP contribution in [0.2, 0.25) is 5.02 Å². The lowest BCUT2D eigenvalue weighted by atomic mass is 10.2. The summed E-state index contributed by atoms with van der Waals surface area (Å²) in [6, 6.07) is 14.8. The van der Waals surface area contributed by atoms with E-state index in [1.807, 2.05) is 37.3 Å². The number of carbonyl (C=O) groups excluding carboxylic acids is 1. The molecule has 3 rings (SSSR count). The summed E-state index contributed by atoms with van der Waals surface area (Å²) in [6.07, 6.45) is 1.74. The van der Waals surface area contributed by atoms with Crippen LogP contribution in [0.5, 0.6) is 0 Å². The average Bonchev–Trinajstić information content (AvgIpc) is 3.00. The van der Waals surface area contributed by atoms with E-state index < -0.39 is 0 Å². The number of halogens is 2. The van der Waals surface area contributed by atoms with Crippen LogP contribution < -0.4 is 5.32 Å². The van der Waals surface area contributed by atoms with Gasteiger partial charge in [-0.25, -0.2) is 4.68 Å². The average molecular weight is 438 g/mol. The van der Waals surface area contributed by atoms with Crippen LogP contribution in [0, 0.1) is 10.5 Å². The predicted octanol–water partition coefficient (Wildman–Crippen LogP) is 4.69. The van der Waals surface area contributed by atoms with Crippen LogP contribution in [0.1, 0.15) is 16.1 Å². The Morgan fingerprint density at radius 1 is 1.22 bits per heavy atom. The van der Waals surface area contributed by atoms with Gasteiger partial charge in [0.2, 0.25) is 0 Å². The van der Waals surface area contributed by atoms with Crippen LogP contribution in [-0.2, 0) is 0 Å². The van der Waals surface area contributed by atoms with E-state index in [9.17, 15) is 4.79 Å². The fourth-order valence-corrected chi connectivity index (χ4v) is 2.99. The molecule has 1 N–H and O–H groups in total. The number of benzene rings is 2. The highest BCUT2D eigenvalue weighted by molar-refractivity contribution is 14.1. The van der Waals surface area contributed by atoms with Gasteiger partial charge >= 0.3 is 0 Å². The molecule has 6 heteroatoms. The molecular formula is C17H13ClIN3O. The Balaban J connectivity index is 1.81. The molecule has 1 amide bonds. The molecule has 1 aromatic heterocycles. The quantitative estimate of drug-likeness (QED) is 0.604. The molecule has 0 radical (unpaired) electrons. The zero-order valence-electron chi connectivity index (χ0n) is 12.3. The van der Waals surface area contributed by atoms with Crippen molar-refractivity contribution >= 4 is 45.8 Å². The molecule has 0 aliphatic heterocycles. The van der Waals surface area contributed by atoms with Gasteiger partial charge in [0.1, 0.15) is 0 Å². The molecule has 1 heterocycles. The maximum atomic E-state index is 12.3. The molecule has 2 aromatic carbocycles. The maximum absolute atomic E-state index is 12.3. The standard InChI is InChI=1S/C17H13ClIN3O/c1-11-9-13(19)5-6-15(11)20-17(23)16-7-8-22(21-16)14-4-2-3-12(18)10-14/h2-10H,1H3,(H,20,23). The van der Waals surface area contributed by atoms with Crippen LogP contribution in [0.4, 0.5) is 5.69 Å². The smallest absolute Gasteiger partial charge is 0.276 e. The highest BCUT2D eigenvalue weighted by Crippen LogP contribution is 2.19. The van der Waals surface area contributed by atoms with Crippen LogP contribution in [0.3, 0.4) is 0 Å². The molecule has 0 fully saturated rings. The van der Waals surface area contributed by atoms with E-state index in [2.05, 4.69) is 33.0 Å². The van der Waals surface area contributed by atoms with Gasteiger partial charge in [-0.05, 0) is 77.5 Å². The number of aryl methyl sites for hydroxylation is 1. The number of rotatable bonds is 3. The summed E-state index contributed by atoms with van der Waals surface area (Å²) in [4.78, 5) is 12.3. The van der Waals surface area contributed by atoms with Gasteiger partial charge in [0.15, 0.2) is 5.69 Å². The molecule has 3 aromatic rings. The van der Waals surface area contributed by atoms with Crippen LogP contribution in [0.25, 0.3) is 5.69 Å². The summed E-state index contributed by atoms with van der Waals surface area (Å²) in [7, 11) is 0. The maximum Gasteiger partial charge on any atom is 0.276 e. The number of aromatic nitrogens is 2. The molecule has 0 aliphatic carbocycles. The Morgan fingerprint density at radius 2 is 2.04 bits per heavy atom. The van der Waals surface area contributed by atoms with Gasteiger partial charge in [0.05, 0.1) is 5.69 Å². The molecule has 0 spiro atoms. The number of nitrogens with one attached hydrogen (secondary N) is 1. The molecule has 0 bridgehead atoms. The van der Waals surface area contributed by atoms with E-state index in [0.717, 1.165) is 20.5 Å². The Labute approximate surface area is 152 Å². The van der Waals surface area contributed by atoms with E-state index in [1.54, 1.807) is 29.1 Å². The SMILES string of the molecule is Cc1cc(I)ccc1NC(=O)c1ccn(-c2cccc(Cl)c2)n1. The number of amides is 1. The van der Waals surface area contributed by atoms with Crippen LogP contribution >= 0.6 is 34.2 Å². The second-order valence-corrected chi connectivity index (χ2v) is 6.72. The van der Waals surface area contributed by atoms with Crippen molar-refractivity contribution in [1.29, 1.82) is 0 Å². The Kier molecular flexibility index (Phi) is 4.68. The monoisotopic (exact) mass is 437 g/mol. The van der Waals surface area contributed by atoms with Gasteiger partial charge in [0, 0.05) is 20.5 Å². The molecule has 0 saturated carbocycles. The Morgan fingerprint density at radius 3 is 2.78 bits per heavy atom. The number of hydrogen-bond acceptors (Lipinski definition) is 2. The fourth-order valence-electron chi connectivity index (χ4n) is 2.16. The summed E-state index contributed by atoms with van der Waals surface area (Å²) < 4.78 is 2.75. The van der Waals surface area contributed by atoms with Crippen molar-refractivity contribution in [2.45, 2.75) is 6.92 Å². The minimum Gasteiger partial charge on any atom is -0.320 e. The highest BCUT2D eigenvalue weighted by atomic mass is 127. The van der Waals surface area contributed by atoms with Crippen LogP contribution in [-0.4, -0.2) is 15.7 Å². The predicted molar refractivity (Wildman–Crippen MR) is 100 cm³/mol. The van der Waals surface area contributed by atoms with E-state index in [-0.39, 0.29) is 5.91 Å². The molecule has 0 atom stereocenters. The van der Waals surface area contributed by atoms with E-state index in [0.29, 0.717) is 10.7 Å². The van der Waals surface area contributed by atoms with Crippen molar-refractivity contribution in [3.05, 3.63) is 74.6 Å². The van der Waals surface area contributed by atoms with E-state index >= 15 is 0 Å². The second kappa shape index (κ2) is 6.72. The number of nitrogens with zero attached hydrogens (tertiary/aromatic N) is 2. The highest BCUT2D eigenvalue weighted by Gasteiger charge is 2.12. The van der Waals surface area contributed by atoms with Gasteiger partial charge in [-0.15, -0.1) is 0 Å². The van der Waals surface area contributed by atoms with Crippen LogP contribution in [0.15, 0.2) is 54.7 Å². The summed E-state index contributed by atoms with van der Waals surface area (Å²) in [5.74, 6) is -0.241. The van der Waals surface area contributed by atoms with E-state index in [4.69, 9.17) is 11.6 Å². The van der Waals surface area contributed by atoms with Crippen molar-refractivity contribution in [3.63, 3.8) is 0 Å². The van der Waals surface area contributed by atoms with E-state index in [1.165, 1.54) is 0 Å². The number of carbonyl (C=O) groups is 1. The topological polar surface area (TPSA) is 46.9 Å². The Hall–Kier alpha value is -1.86. The van der Waals surface area contributed by atoms with Crippen molar-refractivity contribution in [2.75, 3.05) is 5.32 Å². The third kappa shape index (κ3) is 3.73. The molecule has 0 aliphatic rings. The minimum absolute atomic E-state index is 0.241.